The van der Waals surface area contributed by atoms with Gasteiger partial charge in [0.2, 0.25) is 5.52 Å². The Bertz CT molecular complexity index is 541. The molecule has 1 N–H and O–H groups in total. The third-order valence-corrected chi connectivity index (χ3v) is 3.11. The molecule has 1 aromatic carbocycles. The van der Waals surface area contributed by atoms with Crippen LogP contribution in [0.4, 0.5) is 5.69 Å². The number of nitrogens with zero attached hydrogens (tertiary/aromatic N) is 2. The van der Waals surface area contributed by atoms with Crippen LogP contribution in [0.1, 0.15) is 0 Å². The zero-order valence-corrected chi connectivity index (χ0v) is 11.8. The van der Waals surface area contributed by atoms with E-state index in [0.29, 0.717) is 0 Å². The zero-order valence-electron chi connectivity index (χ0n) is 11.8. The SMILES string of the molecule is C[n+]1cccc2ccc(NCC[N+](C)(C)C)cc21. The van der Waals surface area contributed by atoms with Crippen molar-refractivity contribution in [2.24, 2.45) is 7.05 Å². The highest BCUT2D eigenvalue weighted by Crippen LogP contribution is 2.15. The van der Waals surface area contributed by atoms with E-state index in [-0.39, 0.29) is 0 Å². The van der Waals surface area contributed by atoms with Gasteiger partial charge in [-0.15, -0.1) is 0 Å². The highest BCUT2D eigenvalue weighted by molar-refractivity contribution is 5.79. The summed E-state index contributed by atoms with van der Waals surface area (Å²) in [6, 6.07) is 10.8. The lowest BCUT2D eigenvalue weighted by Gasteiger charge is -2.24. The second kappa shape index (κ2) is 4.94. The van der Waals surface area contributed by atoms with Crippen LogP contribution in [0.5, 0.6) is 0 Å². The number of quaternary nitrogens is 1. The van der Waals surface area contributed by atoms with Gasteiger partial charge in [0.1, 0.15) is 7.05 Å². The second-order valence-electron chi connectivity index (χ2n) is 5.83. The van der Waals surface area contributed by atoms with Crippen LogP contribution in [-0.4, -0.2) is 38.7 Å². The van der Waals surface area contributed by atoms with E-state index in [9.17, 15) is 0 Å². The normalized spacial score (nSPS) is 11.8. The Morgan fingerprint density at radius 1 is 1.17 bits per heavy atom. The molecule has 0 aliphatic heterocycles. The first-order valence-electron chi connectivity index (χ1n) is 6.38. The standard InChI is InChI=1S/C15H22N3/c1-17-10-5-6-13-7-8-14(12-15(13)17)16-9-11-18(2,3)4/h5-8,10,12H,9,11H2,1-4H3/q+1/p+1. The fraction of sp³-hybridized carbons (Fsp3) is 0.400. The Kier molecular flexibility index (Phi) is 3.53. The third kappa shape index (κ3) is 3.20. The monoisotopic (exact) mass is 245 g/mol. The first-order valence-corrected chi connectivity index (χ1v) is 6.38. The summed E-state index contributed by atoms with van der Waals surface area (Å²) in [5, 5.41) is 4.77. The molecule has 0 bridgehead atoms. The topological polar surface area (TPSA) is 15.9 Å². The lowest BCUT2D eigenvalue weighted by atomic mass is 10.2. The molecule has 3 nitrogen and oxygen atoms in total. The number of aryl methyl sites for hydroxylation is 1. The molecule has 0 fully saturated rings. The molecule has 0 radical (unpaired) electrons. The van der Waals surface area contributed by atoms with Gasteiger partial charge in [0, 0.05) is 23.2 Å². The van der Waals surface area contributed by atoms with Gasteiger partial charge in [-0.1, -0.05) is 0 Å². The quantitative estimate of drug-likeness (QED) is 0.641. The van der Waals surface area contributed by atoms with Crippen LogP contribution >= 0.6 is 0 Å². The van der Waals surface area contributed by atoms with E-state index in [1.165, 1.54) is 16.6 Å². The number of benzene rings is 1. The summed E-state index contributed by atoms with van der Waals surface area (Å²) in [7, 11) is 8.71. The van der Waals surface area contributed by atoms with Gasteiger partial charge in [-0.05, 0) is 18.2 Å². The summed E-state index contributed by atoms with van der Waals surface area (Å²) < 4.78 is 3.13. The minimum atomic E-state index is 0.981. The predicted octanol–water partition coefficient (Wildman–Crippen LogP) is 1.78. The van der Waals surface area contributed by atoms with E-state index in [4.69, 9.17) is 0 Å². The van der Waals surface area contributed by atoms with Gasteiger partial charge in [-0.2, -0.15) is 0 Å². The van der Waals surface area contributed by atoms with E-state index in [1.807, 2.05) is 0 Å². The van der Waals surface area contributed by atoms with Gasteiger partial charge in [0.15, 0.2) is 6.20 Å². The van der Waals surface area contributed by atoms with Crippen molar-refractivity contribution in [3.05, 3.63) is 36.5 Å². The van der Waals surface area contributed by atoms with E-state index in [2.05, 4.69) is 74.6 Å². The largest absolute Gasteiger partial charge is 0.379 e. The summed E-state index contributed by atoms with van der Waals surface area (Å²) in [6.45, 7) is 2.10. The average molecular weight is 245 g/mol. The molecule has 0 amide bonds. The summed E-state index contributed by atoms with van der Waals surface area (Å²) in [5.41, 5.74) is 2.45. The number of likely N-dealkylation sites (N-methyl/N-ethyl adjacent to an activating group) is 1. The lowest BCUT2D eigenvalue weighted by Crippen LogP contribution is -2.38. The molecule has 0 aliphatic carbocycles. The average Bonchev–Trinajstić information content (AvgIpc) is 2.28. The van der Waals surface area contributed by atoms with Crippen LogP contribution in [0.15, 0.2) is 36.5 Å². The highest BCUT2D eigenvalue weighted by atomic mass is 15.3. The van der Waals surface area contributed by atoms with Gasteiger partial charge in [0.25, 0.3) is 0 Å². The molecule has 0 aliphatic rings. The molecule has 0 saturated carbocycles. The molecule has 1 aromatic heterocycles. The maximum absolute atomic E-state index is 3.49. The summed E-state index contributed by atoms with van der Waals surface area (Å²) in [5.74, 6) is 0. The van der Waals surface area contributed by atoms with Crippen molar-refractivity contribution in [3.63, 3.8) is 0 Å². The Labute approximate surface area is 109 Å². The summed E-state index contributed by atoms with van der Waals surface area (Å²) in [4.78, 5) is 0. The first kappa shape index (κ1) is 12.8. The number of hydrogen-bond donors (Lipinski definition) is 1. The first-order chi connectivity index (χ1) is 8.46. The number of hydrogen-bond acceptors (Lipinski definition) is 1. The van der Waals surface area contributed by atoms with E-state index >= 15 is 0 Å². The van der Waals surface area contributed by atoms with E-state index in [1.54, 1.807) is 0 Å². The fourth-order valence-corrected chi connectivity index (χ4v) is 1.99. The molecule has 0 spiro atoms. The maximum Gasteiger partial charge on any atom is 0.214 e. The zero-order chi connectivity index (χ0) is 13.2. The van der Waals surface area contributed by atoms with Gasteiger partial charge >= 0.3 is 0 Å². The Hall–Kier alpha value is -1.61. The number of nitrogens with one attached hydrogen (secondary N) is 1. The lowest BCUT2D eigenvalue weighted by molar-refractivity contribution is -0.868. The molecular formula is C15H23N3+2. The summed E-state index contributed by atoms with van der Waals surface area (Å²) in [6.07, 6.45) is 2.08. The van der Waals surface area contributed by atoms with Crippen molar-refractivity contribution in [2.75, 3.05) is 39.5 Å². The minimum Gasteiger partial charge on any atom is -0.379 e. The molecule has 2 rings (SSSR count). The maximum atomic E-state index is 3.49. The highest BCUT2D eigenvalue weighted by Gasteiger charge is 2.07. The molecule has 1 heterocycles. The number of pyridine rings is 1. The van der Waals surface area contributed by atoms with Gasteiger partial charge in [-0.3, -0.25) is 0 Å². The number of rotatable bonds is 4. The molecule has 2 aromatic rings. The van der Waals surface area contributed by atoms with Crippen molar-refractivity contribution in [1.29, 1.82) is 0 Å². The predicted molar refractivity (Wildman–Crippen MR) is 76.5 cm³/mol. The van der Waals surface area contributed by atoms with Crippen LogP contribution in [0.3, 0.4) is 0 Å². The molecule has 3 heteroatoms. The van der Waals surface area contributed by atoms with Gasteiger partial charge < -0.3 is 9.80 Å². The number of fused-ring (bicyclic) bond motifs is 1. The second-order valence-corrected chi connectivity index (χ2v) is 5.83. The van der Waals surface area contributed by atoms with Gasteiger partial charge in [-0.25, -0.2) is 4.57 Å². The molecule has 96 valence electrons. The number of anilines is 1. The van der Waals surface area contributed by atoms with Crippen LogP contribution in [-0.2, 0) is 7.05 Å². The van der Waals surface area contributed by atoms with Crippen LogP contribution in [0, 0.1) is 0 Å². The Morgan fingerprint density at radius 3 is 2.67 bits per heavy atom. The Morgan fingerprint density at radius 2 is 1.94 bits per heavy atom. The van der Waals surface area contributed by atoms with Crippen molar-refractivity contribution >= 4 is 16.6 Å². The number of aromatic nitrogens is 1. The van der Waals surface area contributed by atoms with Gasteiger partial charge in [0.05, 0.1) is 34.2 Å². The van der Waals surface area contributed by atoms with Crippen LogP contribution in [0.25, 0.3) is 10.9 Å². The fourth-order valence-electron chi connectivity index (χ4n) is 1.99. The molecule has 18 heavy (non-hydrogen) atoms. The van der Waals surface area contributed by atoms with E-state index in [0.717, 1.165) is 17.6 Å². The van der Waals surface area contributed by atoms with E-state index < -0.39 is 0 Å². The van der Waals surface area contributed by atoms with Crippen molar-refractivity contribution in [3.8, 4) is 0 Å². The molecule has 0 atom stereocenters. The molecule has 0 saturated heterocycles. The van der Waals surface area contributed by atoms with Crippen LogP contribution < -0.4 is 9.88 Å². The van der Waals surface area contributed by atoms with Crippen molar-refractivity contribution < 1.29 is 9.05 Å². The van der Waals surface area contributed by atoms with Crippen molar-refractivity contribution in [2.45, 2.75) is 0 Å². The third-order valence-electron chi connectivity index (χ3n) is 3.11. The Balaban J connectivity index is 2.13. The molecule has 0 unspecified atom stereocenters. The molecular weight excluding hydrogens is 222 g/mol. The van der Waals surface area contributed by atoms with Crippen molar-refractivity contribution in [1.82, 2.24) is 0 Å². The smallest absolute Gasteiger partial charge is 0.214 e. The summed E-state index contributed by atoms with van der Waals surface area (Å²) >= 11 is 0. The minimum absolute atomic E-state index is 0.981. The van der Waals surface area contributed by atoms with Crippen LogP contribution in [0.2, 0.25) is 0 Å².